The van der Waals surface area contributed by atoms with E-state index in [-0.39, 0.29) is 35.3 Å². The highest BCUT2D eigenvalue weighted by Crippen LogP contribution is 2.35. The molecule has 1 fully saturated rings. The molecule has 11 heteroatoms. The standard InChI is InChI=1S/C22H31N5O5S/c1-5-13(2)24-22(29)32-17-7-6-15(9-17)18-11-20(27-26-18)25-21(28)10-16-8-14(3)23-12-19(16)33(4,30)31/h8,11-13,15,17H,5-7,9-10H2,1-4H3,(H,24,29)(H2,25,26,27,28)/t13-,15-,17+/m0/s1. The van der Waals surface area contributed by atoms with Crippen LogP contribution in [-0.4, -0.2) is 54.0 Å². The fourth-order valence-corrected chi connectivity index (χ4v) is 4.72. The molecule has 0 aromatic carbocycles. The van der Waals surface area contributed by atoms with E-state index >= 15 is 0 Å². The number of aryl methyl sites for hydroxylation is 1. The molecule has 2 heterocycles. The van der Waals surface area contributed by atoms with E-state index in [9.17, 15) is 18.0 Å². The van der Waals surface area contributed by atoms with Crippen molar-refractivity contribution < 1.29 is 22.7 Å². The molecule has 0 saturated heterocycles. The van der Waals surface area contributed by atoms with Crippen LogP contribution in [0.25, 0.3) is 0 Å². The van der Waals surface area contributed by atoms with E-state index in [1.165, 1.54) is 6.20 Å². The van der Waals surface area contributed by atoms with Gasteiger partial charge in [-0.1, -0.05) is 6.92 Å². The van der Waals surface area contributed by atoms with Gasteiger partial charge >= 0.3 is 6.09 Å². The number of aromatic nitrogens is 3. The Morgan fingerprint density at radius 1 is 1.30 bits per heavy atom. The number of hydrogen-bond donors (Lipinski definition) is 3. The van der Waals surface area contributed by atoms with Crippen molar-refractivity contribution >= 4 is 27.7 Å². The van der Waals surface area contributed by atoms with Crippen molar-refractivity contribution in [2.45, 2.75) is 75.8 Å². The minimum Gasteiger partial charge on any atom is -0.446 e. The number of H-pyrrole nitrogens is 1. The summed E-state index contributed by atoms with van der Waals surface area (Å²) < 4.78 is 29.5. The van der Waals surface area contributed by atoms with Crippen LogP contribution in [-0.2, 0) is 25.8 Å². The molecule has 180 valence electrons. The molecule has 2 aromatic heterocycles. The second-order valence-corrected chi connectivity index (χ2v) is 10.6. The number of carbonyl (C=O) groups excluding carboxylic acids is 2. The molecule has 1 saturated carbocycles. The molecular weight excluding hydrogens is 446 g/mol. The molecule has 3 atom stereocenters. The minimum absolute atomic E-state index is 0.0420. The lowest BCUT2D eigenvalue weighted by atomic mass is 10.0. The van der Waals surface area contributed by atoms with E-state index in [4.69, 9.17) is 4.74 Å². The number of amides is 2. The van der Waals surface area contributed by atoms with Gasteiger partial charge in [0, 0.05) is 41.9 Å². The Hall–Kier alpha value is -2.95. The normalized spacial score (nSPS) is 19.2. The lowest BCUT2D eigenvalue weighted by Gasteiger charge is -2.16. The second kappa shape index (κ2) is 10.3. The smallest absolute Gasteiger partial charge is 0.407 e. The van der Waals surface area contributed by atoms with Crippen LogP contribution >= 0.6 is 0 Å². The summed E-state index contributed by atoms with van der Waals surface area (Å²) in [4.78, 5) is 28.6. The maximum atomic E-state index is 12.5. The lowest BCUT2D eigenvalue weighted by Crippen LogP contribution is -2.34. The number of anilines is 1. The van der Waals surface area contributed by atoms with Gasteiger partial charge in [-0.25, -0.2) is 13.2 Å². The Bertz CT molecular complexity index is 1110. The van der Waals surface area contributed by atoms with Crippen LogP contribution in [0.3, 0.4) is 0 Å². The van der Waals surface area contributed by atoms with Crippen molar-refractivity contribution in [1.82, 2.24) is 20.5 Å². The summed E-state index contributed by atoms with van der Waals surface area (Å²) in [6.45, 7) is 5.66. The number of rotatable bonds is 8. The van der Waals surface area contributed by atoms with Crippen LogP contribution in [0.15, 0.2) is 23.2 Å². The van der Waals surface area contributed by atoms with Gasteiger partial charge in [0.1, 0.15) is 6.10 Å². The Morgan fingerprint density at radius 3 is 2.76 bits per heavy atom. The van der Waals surface area contributed by atoms with E-state index in [0.29, 0.717) is 23.5 Å². The summed E-state index contributed by atoms with van der Waals surface area (Å²) in [7, 11) is -3.50. The predicted octanol–water partition coefficient (Wildman–Crippen LogP) is 2.86. The van der Waals surface area contributed by atoms with Crippen LogP contribution in [0.5, 0.6) is 0 Å². The molecule has 3 rings (SSSR count). The van der Waals surface area contributed by atoms with Gasteiger partial charge in [0.15, 0.2) is 15.7 Å². The number of sulfone groups is 1. The molecule has 0 aliphatic heterocycles. The zero-order chi connectivity index (χ0) is 24.2. The van der Waals surface area contributed by atoms with Gasteiger partial charge in [-0.2, -0.15) is 5.10 Å². The maximum Gasteiger partial charge on any atom is 0.407 e. The van der Waals surface area contributed by atoms with Crippen molar-refractivity contribution in [3.05, 3.63) is 35.3 Å². The molecule has 33 heavy (non-hydrogen) atoms. The van der Waals surface area contributed by atoms with Crippen molar-refractivity contribution in [1.29, 1.82) is 0 Å². The summed E-state index contributed by atoms with van der Waals surface area (Å²) in [5.74, 6) is 0.127. The zero-order valence-electron chi connectivity index (χ0n) is 19.3. The molecule has 3 N–H and O–H groups in total. The average molecular weight is 478 g/mol. The maximum absolute atomic E-state index is 12.5. The van der Waals surface area contributed by atoms with Crippen LogP contribution < -0.4 is 10.6 Å². The molecule has 2 aromatic rings. The van der Waals surface area contributed by atoms with Crippen LogP contribution in [0.4, 0.5) is 10.6 Å². The van der Waals surface area contributed by atoms with Gasteiger partial charge in [-0.15, -0.1) is 0 Å². The third-order valence-corrected chi connectivity index (χ3v) is 6.94. The summed E-state index contributed by atoms with van der Waals surface area (Å²) in [5.41, 5.74) is 1.88. The molecule has 1 aliphatic rings. The first-order chi connectivity index (χ1) is 15.5. The number of nitrogens with one attached hydrogen (secondary N) is 3. The summed E-state index contributed by atoms with van der Waals surface area (Å²) in [5, 5.41) is 12.6. The quantitative estimate of drug-likeness (QED) is 0.530. The molecular formula is C22H31N5O5S. The highest BCUT2D eigenvalue weighted by Gasteiger charge is 2.30. The fraction of sp³-hybridized carbons (Fsp3) is 0.545. The Labute approximate surface area is 193 Å². The van der Waals surface area contributed by atoms with Gasteiger partial charge in [0.05, 0.1) is 11.3 Å². The molecule has 2 amide bonds. The molecule has 0 bridgehead atoms. The van der Waals surface area contributed by atoms with E-state index in [1.54, 1.807) is 19.1 Å². The van der Waals surface area contributed by atoms with Crippen molar-refractivity contribution in [3.8, 4) is 0 Å². The second-order valence-electron chi connectivity index (χ2n) is 8.63. The Kier molecular flexibility index (Phi) is 7.72. The highest BCUT2D eigenvalue weighted by atomic mass is 32.2. The van der Waals surface area contributed by atoms with Crippen molar-refractivity contribution in [3.63, 3.8) is 0 Å². The van der Waals surface area contributed by atoms with Gasteiger partial charge in [-0.3, -0.25) is 14.9 Å². The molecule has 10 nitrogen and oxygen atoms in total. The number of aromatic amines is 1. The molecule has 0 radical (unpaired) electrons. The Morgan fingerprint density at radius 2 is 2.06 bits per heavy atom. The Balaban J connectivity index is 1.57. The highest BCUT2D eigenvalue weighted by molar-refractivity contribution is 7.90. The fourth-order valence-electron chi connectivity index (χ4n) is 3.86. The van der Waals surface area contributed by atoms with Crippen molar-refractivity contribution in [2.75, 3.05) is 11.6 Å². The summed E-state index contributed by atoms with van der Waals surface area (Å²) in [6, 6.07) is 3.43. The van der Waals surface area contributed by atoms with Crippen LogP contribution in [0.1, 0.15) is 62.4 Å². The van der Waals surface area contributed by atoms with Gasteiger partial charge in [-0.05, 0) is 51.2 Å². The number of alkyl carbamates (subject to hydrolysis) is 1. The lowest BCUT2D eigenvalue weighted by molar-refractivity contribution is -0.115. The van der Waals surface area contributed by atoms with Gasteiger partial charge in [0.25, 0.3) is 0 Å². The van der Waals surface area contributed by atoms with Crippen molar-refractivity contribution in [2.24, 2.45) is 0 Å². The van der Waals surface area contributed by atoms with Crippen LogP contribution in [0.2, 0.25) is 0 Å². The molecule has 0 spiro atoms. The van der Waals surface area contributed by atoms with E-state index in [0.717, 1.165) is 31.2 Å². The molecule has 1 aliphatic carbocycles. The van der Waals surface area contributed by atoms with Gasteiger partial charge < -0.3 is 15.4 Å². The first kappa shape index (κ1) is 24.7. The summed E-state index contributed by atoms with van der Waals surface area (Å²) in [6.07, 6.45) is 4.81. The number of nitrogens with zero attached hydrogens (tertiary/aromatic N) is 2. The third-order valence-electron chi connectivity index (χ3n) is 5.78. The first-order valence-electron chi connectivity index (χ1n) is 11.0. The number of pyridine rings is 1. The van der Waals surface area contributed by atoms with E-state index < -0.39 is 15.9 Å². The predicted molar refractivity (Wildman–Crippen MR) is 123 cm³/mol. The number of carbonyl (C=O) groups is 2. The third kappa shape index (κ3) is 6.77. The summed E-state index contributed by atoms with van der Waals surface area (Å²) >= 11 is 0. The number of ether oxygens (including phenoxy) is 1. The van der Waals surface area contributed by atoms with Crippen LogP contribution in [0, 0.1) is 6.92 Å². The first-order valence-corrected chi connectivity index (χ1v) is 12.9. The SMILES string of the molecule is CC[C@H](C)NC(=O)O[C@@H]1CC[C@H](c2cc(NC(=O)Cc3cc(C)ncc3S(C)(=O)=O)n[nH]2)C1. The largest absolute Gasteiger partial charge is 0.446 e. The minimum atomic E-state index is -3.50. The topological polar surface area (TPSA) is 143 Å². The van der Waals surface area contributed by atoms with Gasteiger partial charge in [0.2, 0.25) is 5.91 Å². The monoisotopic (exact) mass is 477 g/mol. The average Bonchev–Trinajstić information content (AvgIpc) is 3.36. The molecule has 0 unspecified atom stereocenters. The van der Waals surface area contributed by atoms with E-state index in [2.05, 4.69) is 25.8 Å². The number of hydrogen-bond acceptors (Lipinski definition) is 7. The zero-order valence-corrected chi connectivity index (χ0v) is 20.2. The van der Waals surface area contributed by atoms with E-state index in [1.807, 2.05) is 13.8 Å².